The van der Waals surface area contributed by atoms with Crippen LogP contribution in [0.1, 0.15) is 54.1 Å². The number of amides is 1. The summed E-state index contributed by atoms with van der Waals surface area (Å²) in [4.78, 5) is 42.3. The number of nitrogens with one attached hydrogen (secondary N) is 1. The molecule has 0 saturated carbocycles. The van der Waals surface area contributed by atoms with Crippen molar-refractivity contribution in [2.75, 3.05) is 11.9 Å². The van der Waals surface area contributed by atoms with Crippen LogP contribution in [0.15, 0.2) is 53.9 Å². The number of thiazole rings is 1. The molecule has 3 aromatic rings. The van der Waals surface area contributed by atoms with Crippen LogP contribution in [0.5, 0.6) is 0 Å². The van der Waals surface area contributed by atoms with Crippen LogP contribution in [-0.4, -0.2) is 28.4 Å². The van der Waals surface area contributed by atoms with Crippen molar-refractivity contribution in [2.45, 2.75) is 38.1 Å². The van der Waals surface area contributed by atoms with Crippen LogP contribution in [0.4, 0.5) is 5.13 Å². The highest BCUT2D eigenvalue weighted by molar-refractivity contribution is 7.13. The molecule has 0 aliphatic heterocycles. The predicted octanol–water partition coefficient (Wildman–Crippen LogP) is 4.26. The molecule has 0 saturated heterocycles. The molecule has 1 amide bonds. The van der Waals surface area contributed by atoms with E-state index in [2.05, 4.69) is 10.3 Å². The van der Waals surface area contributed by atoms with Gasteiger partial charge in [-0.15, -0.1) is 11.3 Å². The lowest BCUT2D eigenvalue weighted by Crippen LogP contribution is -2.57. The van der Waals surface area contributed by atoms with Gasteiger partial charge in [-0.05, 0) is 25.0 Å². The monoisotopic (exact) mass is 477 g/mol. The molecule has 174 valence electrons. The van der Waals surface area contributed by atoms with Crippen molar-refractivity contribution in [1.29, 1.82) is 0 Å². The Balaban J connectivity index is 1.54. The average Bonchev–Trinajstić information content (AvgIpc) is 3.25. The molecular formula is C25H23N3O5S. The van der Waals surface area contributed by atoms with Gasteiger partial charge in [-0.1, -0.05) is 48.5 Å². The molecule has 3 aliphatic rings. The fraction of sp³-hybridized carbons (Fsp3) is 0.320. The number of nitrogens with zero attached hydrogens (tertiary/aromatic N) is 2. The number of carbonyl (C=O) groups is 2. The van der Waals surface area contributed by atoms with E-state index in [0.29, 0.717) is 22.0 Å². The molecule has 6 rings (SSSR count). The lowest BCUT2D eigenvalue weighted by atomic mass is 9.49. The van der Waals surface area contributed by atoms with Crippen LogP contribution in [0.25, 0.3) is 0 Å². The lowest BCUT2D eigenvalue weighted by Gasteiger charge is -2.52. The van der Waals surface area contributed by atoms with Gasteiger partial charge in [0.05, 0.1) is 24.1 Å². The summed E-state index contributed by atoms with van der Waals surface area (Å²) >= 11 is 1.21. The molecule has 1 N–H and O–H groups in total. The van der Waals surface area contributed by atoms with E-state index in [4.69, 9.17) is 4.74 Å². The van der Waals surface area contributed by atoms with Gasteiger partial charge in [0, 0.05) is 33.8 Å². The van der Waals surface area contributed by atoms with Crippen LogP contribution in [0.2, 0.25) is 0 Å². The minimum atomic E-state index is -1.51. The first-order valence-electron chi connectivity index (χ1n) is 11.1. The highest BCUT2D eigenvalue weighted by Crippen LogP contribution is 2.63. The Morgan fingerprint density at radius 2 is 1.79 bits per heavy atom. The molecular weight excluding hydrogens is 454 g/mol. The fourth-order valence-corrected chi connectivity index (χ4v) is 6.30. The lowest BCUT2D eigenvalue weighted by molar-refractivity contribution is -0.573. The van der Waals surface area contributed by atoms with Gasteiger partial charge in [-0.25, -0.2) is 4.98 Å². The molecule has 1 atom stereocenters. The average molecular weight is 478 g/mol. The summed E-state index contributed by atoms with van der Waals surface area (Å²) in [5, 5.41) is 17.6. The molecule has 34 heavy (non-hydrogen) atoms. The van der Waals surface area contributed by atoms with Crippen LogP contribution < -0.4 is 5.32 Å². The number of aromatic nitrogens is 1. The molecule has 8 nitrogen and oxygen atoms in total. The number of carbonyl (C=O) groups excluding carboxylic acids is 2. The number of benzene rings is 2. The first kappa shape index (κ1) is 22.2. The zero-order chi connectivity index (χ0) is 24.1. The number of nitro groups is 1. The molecule has 1 heterocycles. The zero-order valence-corrected chi connectivity index (χ0v) is 19.6. The van der Waals surface area contributed by atoms with Gasteiger partial charge in [0.15, 0.2) is 5.13 Å². The van der Waals surface area contributed by atoms with E-state index in [1.165, 1.54) is 11.3 Å². The highest BCUT2D eigenvalue weighted by atomic mass is 32.1. The third kappa shape index (κ3) is 3.14. The fourth-order valence-electron chi connectivity index (χ4n) is 5.59. The number of anilines is 1. The number of ether oxygens (including phenoxy) is 1. The van der Waals surface area contributed by atoms with Gasteiger partial charge < -0.3 is 10.1 Å². The summed E-state index contributed by atoms with van der Waals surface area (Å²) in [6.45, 7) is 3.81. The number of esters is 1. The molecule has 2 bridgehead atoms. The predicted molar refractivity (Wildman–Crippen MR) is 126 cm³/mol. The Morgan fingerprint density at radius 3 is 2.38 bits per heavy atom. The third-order valence-electron chi connectivity index (χ3n) is 6.93. The van der Waals surface area contributed by atoms with Gasteiger partial charge >= 0.3 is 5.97 Å². The summed E-state index contributed by atoms with van der Waals surface area (Å²) in [5.41, 5.74) is 0.841. The number of hydrogen-bond acceptors (Lipinski definition) is 7. The second-order valence-corrected chi connectivity index (χ2v) is 9.76. The van der Waals surface area contributed by atoms with Crippen molar-refractivity contribution in [3.63, 3.8) is 0 Å². The second kappa shape index (κ2) is 8.02. The normalized spacial score (nSPS) is 24.1. The minimum absolute atomic E-state index is 0.0191. The van der Waals surface area contributed by atoms with Crippen molar-refractivity contribution in [1.82, 2.24) is 4.98 Å². The maximum Gasteiger partial charge on any atom is 0.311 e. The SMILES string of the molecule is CCOC(=O)Cc1csc(NC(=O)C2(C)CC3([N+](=O)[O-])c4ccccc4C2c2ccccc23)n1. The number of hydrogen-bond donors (Lipinski definition) is 1. The molecule has 0 radical (unpaired) electrons. The molecule has 0 fully saturated rings. The highest BCUT2D eigenvalue weighted by Gasteiger charge is 2.67. The Kier molecular flexibility index (Phi) is 5.24. The number of fused-ring (bicyclic) bond motifs is 1. The van der Waals surface area contributed by atoms with E-state index in [9.17, 15) is 19.7 Å². The second-order valence-electron chi connectivity index (χ2n) is 8.90. The summed E-state index contributed by atoms with van der Waals surface area (Å²) in [7, 11) is 0. The van der Waals surface area contributed by atoms with E-state index >= 15 is 0 Å². The molecule has 1 unspecified atom stereocenters. The van der Waals surface area contributed by atoms with Gasteiger partial charge in [0.1, 0.15) is 0 Å². The minimum Gasteiger partial charge on any atom is -0.466 e. The quantitative estimate of drug-likeness (QED) is 0.323. The smallest absolute Gasteiger partial charge is 0.311 e. The molecule has 1 aromatic heterocycles. The summed E-state index contributed by atoms with van der Waals surface area (Å²) in [6.07, 6.45) is 0.0594. The largest absolute Gasteiger partial charge is 0.466 e. The van der Waals surface area contributed by atoms with Gasteiger partial charge in [-0.3, -0.25) is 19.7 Å². The van der Waals surface area contributed by atoms with Crippen LogP contribution >= 0.6 is 11.3 Å². The van der Waals surface area contributed by atoms with Crippen molar-refractivity contribution in [3.8, 4) is 0 Å². The maximum absolute atomic E-state index is 13.7. The summed E-state index contributed by atoms with van der Waals surface area (Å²) < 4.78 is 4.96. The van der Waals surface area contributed by atoms with Crippen LogP contribution in [-0.2, 0) is 26.3 Å². The molecule has 0 spiro atoms. The molecule has 2 aromatic carbocycles. The number of rotatable bonds is 6. The van der Waals surface area contributed by atoms with Crippen molar-refractivity contribution in [3.05, 3.63) is 92.0 Å². The van der Waals surface area contributed by atoms with E-state index in [-0.39, 0.29) is 42.2 Å². The summed E-state index contributed by atoms with van der Waals surface area (Å²) in [6, 6.07) is 14.7. The zero-order valence-electron chi connectivity index (χ0n) is 18.7. The third-order valence-corrected chi connectivity index (χ3v) is 7.73. The molecule has 9 heteroatoms. The summed E-state index contributed by atoms with van der Waals surface area (Å²) in [5.74, 6) is -1.05. The van der Waals surface area contributed by atoms with Gasteiger partial charge in [0.2, 0.25) is 5.91 Å². The van der Waals surface area contributed by atoms with Crippen LogP contribution in [0.3, 0.4) is 0 Å². The maximum atomic E-state index is 13.7. The van der Waals surface area contributed by atoms with E-state index < -0.39 is 11.0 Å². The standard InChI is InChI=1S/C25H23N3O5S/c1-3-33-20(29)12-15-13-34-23(26-15)27-22(30)24(2)14-25(28(31)32)18-10-6-4-8-16(18)21(24)17-9-5-7-11-19(17)25/h4-11,13,21H,3,12,14H2,1-2H3,(H,26,27,30). The molecule has 3 aliphatic carbocycles. The Hall–Kier alpha value is -3.59. The van der Waals surface area contributed by atoms with Crippen molar-refractivity contribution >= 4 is 28.3 Å². The van der Waals surface area contributed by atoms with Gasteiger partial charge in [-0.2, -0.15) is 0 Å². The first-order valence-corrected chi connectivity index (χ1v) is 11.9. The topological polar surface area (TPSA) is 111 Å². The van der Waals surface area contributed by atoms with Crippen molar-refractivity contribution < 1.29 is 19.2 Å². The Labute approximate surface area is 200 Å². The Bertz CT molecular complexity index is 1270. The van der Waals surface area contributed by atoms with Gasteiger partial charge in [0.25, 0.3) is 5.54 Å². The van der Waals surface area contributed by atoms with E-state index in [0.717, 1.165) is 11.1 Å². The van der Waals surface area contributed by atoms with E-state index in [1.54, 1.807) is 31.4 Å². The van der Waals surface area contributed by atoms with E-state index in [1.807, 2.05) is 36.4 Å². The Morgan fingerprint density at radius 1 is 1.18 bits per heavy atom. The first-order chi connectivity index (χ1) is 16.3. The van der Waals surface area contributed by atoms with Crippen molar-refractivity contribution in [2.24, 2.45) is 5.41 Å². The van der Waals surface area contributed by atoms with Crippen LogP contribution in [0, 0.1) is 15.5 Å².